The molecule has 0 fully saturated rings. The summed E-state index contributed by atoms with van der Waals surface area (Å²) in [6, 6.07) is 15.2. The van der Waals surface area contributed by atoms with Gasteiger partial charge in [-0.2, -0.15) is 4.99 Å². The molecule has 0 bridgehead atoms. The van der Waals surface area contributed by atoms with Crippen LogP contribution in [-0.4, -0.2) is 23.0 Å². The Morgan fingerprint density at radius 2 is 1.79 bits per heavy atom. The van der Waals surface area contributed by atoms with Gasteiger partial charge in [0.15, 0.2) is 5.96 Å². The van der Waals surface area contributed by atoms with E-state index in [-0.39, 0.29) is 12.1 Å². The summed E-state index contributed by atoms with van der Waals surface area (Å²) in [5, 5.41) is 0.604. The monoisotopic (exact) mass is 390 g/mol. The Balaban J connectivity index is 2.28. The van der Waals surface area contributed by atoms with Crippen molar-refractivity contribution in [2.24, 2.45) is 22.4 Å². The van der Waals surface area contributed by atoms with Crippen LogP contribution in [0.5, 0.6) is 5.75 Å². The number of pyridine rings is 1. The summed E-state index contributed by atoms with van der Waals surface area (Å²) >= 11 is 0. The number of nitrogens with zero attached hydrogens (tertiary/aromatic N) is 2. The molecule has 1 heterocycles. The maximum atomic E-state index is 12.9. The van der Waals surface area contributed by atoms with Crippen molar-refractivity contribution in [1.82, 2.24) is 4.98 Å². The average molecular weight is 390 g/mol. The minimum Gasteiger partial charge on any atom is -0.490 e. The minimum atomic E-state index is -0.527. The fraction of sp³-hybridized carbons (Fsp3) is 0.261. The Kier molecular flexibility index (Phi) is 5.82. The van der Waals surface area contributed by atoms with Crippen molar-refractivity contribution in [1.29, 1.82) is 0 Å². The van der Waals surface area contributed by atoms with Crippen LogP contribution in [0.2, 0.25) is 0 Å². The summed E-state index contributed by atoms with van der Waals surface area (Å²) < 4.78 is 6.15. The van der Waals surface area contributed by atoms with Gasteiger partial charge in [0, 0.05) is 5.56 Å². The number of carbonyl (C=O) groups excluding carboxylic acids is 1. The number of hydrogen-bond donors (Lipinski definition) is 2. The van der Waals surface area contributed by atoms with Crippen molar-refractivity contribution < 1.29 is 9.53 Å². The van der Waals surface area contributed by atoms with E-state index in [0.29, 0.717) is 33.8 Å². The van der Waals surface area contributed by atoms with E-state index in [2.05, 4.69) is 18.8 Å². The highest BCUT2D eigenvalue weighted by Crippen LogP contribution is 2.33. The number of rotatable bonds is 5. The molecule has 6 heteroatoms. The van der Waals surface area contributed by atoms with Gasteiger partial charge >= 0.3 is 0 Å². The molecule has 0 saturated carbocycles. The molecule has 29 heavy (non-hydrogen) atoms. The maximum absolute atomic E-state index is 12.9. The molecular formula is C23H26N4O2. The van der Waals surface area contributed by atoms with E-state index in [1.807, 2.05) is 56.3 Å². The van der Waals surface area contributed by atoms with E-state index in [9.17, 15) is 4.79 Å². The van der Waals surface area contributed by atoms with Gasteiger partial charge in [-0.3, -0.25) is 4.79 Å². The summed E-state index contributed by atoms with van der Waals surface area (Å²) in [6.07, 6.45) is -0.0392. The van der Waals surface area contributed by atoms with Crippen molar-refractivity contribution in [3.63, 3.8) is 0 Å². The van der Waals surface area contributed by atoms with Gasteiger partial charge in [0.25, 0.3) is 5.91 Å². The SMILES string of the molecule is Cc1ccccc1-c1cc(C(=O)N=C(N)N)c2c(OC(C)C(C)C)cccc2n1. The van der Waals surface area contributed by atoms with Crippen LogP contribution < -0.4 is 16.2 Å². The molecular weight excluding hydrogens is 364 g/mol. The Labute approximate surface area is 170 Å². The van der Waals surface area contributed by atoms with Crippen LogP contribution in [0.4, 0.5) is 0 Å². The third-order valence-electron chi connectivity index (χ3n) is 4.93. The number of aromatic nitrogens is 1. The molecule has 0 saturated heterocycles. The minimum absolute atomic E-state index is 0.0392. The Morgan fingerprint density at radius 3 is 2.45 bits per heavy atom. The number of nitrogens with two attached hydrogens (primary N) is 2. The fourth-order valence-corrected chi connectivity index (χ4v) is 3.03. The molecule has 0 aliphatic rings. The molecule has 6 nitrogen and oxygen atoms in total. The van der Waals surface area contributed by atoms with Gasteiger partial charge in [-0.1, -0.05) is 44.2 Å². The van der Waals surface area contributed by atoms with Crippen molar-refractivity contribution >= 4 is 22.8 Å². The lowest BCUT2D eigenvalue weighted by Gasteiger charge is -2.20. The average Bonchev–Trinajstić information content (AvgIpc) is 2.67. The Hall–Kier alpha value is -3.41. The number of hydrogen-bond acceptors (Lipinski definition) is 3. The van der Waals surface area contributed by atoms with E-state index in [1.165, 1.54) is 0 Å². The normalized spacial score (nSPS) is 12.0. The van der Waals surface area contributed by atoms with Gasteiger partial charge in [-0.25, -0.2) is 4.98 Å². The third kappa shape index (κ3) is 4.37. The Morgan fingerprint density at radius 1 is 1.07 bits per heavy atom. The molecule has 3 aromatic rings. The van der Waals surface area contributed by atoms with Crippen LogP contribution in [0.1, 0.15) is 36.7 Å². The van der Waals surface area contributed by atoms with Crippen molar-refractivity contribution in [3.05, 3.63) is 59.7 Å². The lowest BCUT2D eigenvalue weighted by atomic mass is 10.00. The van der Waals surface area contributed by atoms with Crippen LogP contribution in [0.25, 0.3) is 22.2 Å². The molecule has 2 aromatic carbocycles. The predicted molar refractivity (Wildman–Crippen MR) is 117 cm³/mol. The zero-order chi connectivity index (χ0) is 21.1. The number of amides is 1. The second-order valence-corrected chi connectivity index (χ2v) is 7.43. The molecule has 0 spiro atoms. The number of aliphatic imine (C=N–C) groups is 1. The van der Waals surface area contributed by atoms with Gasteiger partial charge in [0.05, 0.1) is 28.3 Å². The summed E-state index contributed by atoms with van der Waals surface area (Å²) in [5.74, 6) is 0.0785. The molecule has 0 aliphatic carbocycles. The highest BCUT2D eigenvalue weighted by molar-refractivity contribution is 6.12. The number of ether oxygens (including phenoxy) is 1. The quantitative estimate of drug-likeness (QED) is 0.505. The zero-order valence-corrected chi connectivity index (χ0v) is 17.1. The number of aryl methyl sites for hydroxylation is 1. The van der Waals surface area contributed by atoms with Gasteiger partial charge in [0.1, 0.15) is 5.75 Å². The molecule has 1 atom stereocenters. The van der Waals surface area contributed by atoms with Gasteiger partial charge in [-0.15, -0.1) is 0 Å². The summed E-state index contributed by atoms with van der Waals surface area (Å²) in [5.41, 5.74) is 14.6. The standard InChI is InChI=1S/C23H26N4O2/c1-13(2)15(4)29-20-11-7-10-18-21(20)17(22(28)27-23(24)25)12-19(26-18)16-9-6-5-8-14(16)3/h5-13,15H,1-4H3,(H4,24,25,27,28). The number of fused-ring (bicyclic) bond motifs is 1. The molecule has 1 aromatic heterocycles. The highest BCUT2D eigenvalue weighted by Gasteiger charge is 2.20. The first kappa shape index (κ1) is 20.3. The second kappa shape index (κ2) is 8.31. The maximum Gasteiger partial charge on any atom is 0.281 e. The first-order chi connectivity index (χ1) is 13.8. The molecule has 150 valence electrons. The van der Waals surface area contributed by atoms with Crippen LogP contribution in [0, 0.1) is 12.8 Å². The van der Waals surface area contributed by atoms with E-state index in [0.717, 1.165) is 11.1 Å². The van der Waals surface area contributed by atoms with Gasteiger partial charge < -0.3 is 16.2 Å². The highest BCUT2D eigenvalue weighted by atomic mass is 16.5. The molecule has 3 rings (SSSR count). The zero-order valence-electron chi connectivity index (χ0n) is 17.1. The molecule has 0 aliphatic heterocycles. The van der Waals surface area contributed by atoms with Gasteiger partial charge in [-0.05, 0) is 43.5 Å². The fourth-order valence-electron chi connectivity index (χ4n) is 3.03. The van der Waals surface area contributed by atoms with E-state index >= 15 is 0 Å². The molecule has 1 amide bonds. The third-order valence-corrected chi connectivity index (χ3v) is 4.93. The number of carbonyl (C=O) groups is 1. The van der Waals surface area contributed by atoms with Crippen LogP contribution >= 0.6 is 0 Å². The van der Waals surface area contributed by atoms with Crippen LogP contribution in [-0.2, 0) is 0 Å². The summed E-state index contributed by atoms with van der Waals surface area (Å²) in [7, 11) is 0. The molecule has 4 N–H and O–H groups in total. The Bertz CT molecular complexity index is 1090. The van der Waals surface area contributed by atoms with Crippen molar-refractivity contribution in [2.45, 2.75) is 33.8 Å². The predicted octanol–water partition coefficient (Wildman–Crippen LogP) is 4.05. The first-order valence-electron chi connectivity index (χ1n) is 9.58. The smallest absolute Gasteiger partial charge is 0.281 e. The second-order valence-electron chi connectivity index (χ2n) is 7.43. The summed E-state index contributed by atoms with van der Waals surface area (Å²) in [6.45, 7) is 8.16. The number of guanidine groups is 1. The van der Waals surface area contributed by atoms with E-state index in [1.54, 1.807) is 6.07 Å². The number of benzene rings is 2. The van der Waals surface area contributed by atoms with Gasteiger partial charge in [0.2, 0.25) is 0 Å². The lowest BCUT2D eigenvalue weighted by Crippen LogP contribution is -2.24. The molecule has 0 radical (unpaired) electrons. The lowest BCUT2D eigenvalue weighted by molar-refractivity contribution is 0.100. The van der Waals surface area contributed by atoms with Crippen molar-refractivity contribution in [2.75, 3.05) is 0 Å². The summed E-state index contributed by atoms with van der Waals surface area (Å²) in [4.78, 5) is 21.4. The largest absolute Gasteiger partial charge is 0.490 e. The topological polar surface area (TPSA) is 104 Å². The first-order valence-corrected chi connectivity index (χ1v) is 9.58. The van der Waals surface area contributed by atoms with Crippen molar-refractivity contribution in [3.8, 4) is 17.0 Å². The molecule has 1 unspecified atom stereocenters. The van der Waals surface area contributed by atoms with Crippen LogP contribution in [0.3, 0.4) is 0 Å². The van der Waals surface area contributed by atoms with E-state index < -0.39 is 5.91 Å². The van der Waals surface area contributed by atoms with E-state index in [4.69, 9.17) is 21.2 Å². The van der Waals surface area contributed by atoms with Crippen LogP contribution in [0.15, 0.2) is 53.5 Å².